The lowest BCUT2D eigenvalue weighted by atomic mass is 10.0. The van der Waals surface area contributed by atoms with Gasteiger partial charge in [-0.2, -0.15) is 0 Å². The quantitative estimate of drug-likeness (QED) is 0.825. The van der Waals surface area contributed by atoms with Crippen LogP contribution in [0.15, 0.2) is 18.2 Å². The van der Waals surface area contributed by atoms with Crippen molar-refractivity contribution in [3.05, 3.63) is 28.8 Å². The van der Waals surface area contributed by atoms with Gasteiger partial charge >= 0.3 is 0 Å². The number of aliphatic hydroxyl groups is 1. The van der Waals surface area contributed by atoms with Gasteiger partial charge in [0.15, 0.2) is 0 Å². The van der Waals surface area contributed by atoms with Gasteiger partial charge in [-0.3, -0.25) is 9.10 Å². The minimum absolute atomic E-state index is 0.0792. The van der Waals surface area contributed by atoms with Crippen LogP contribution in [0.3, 0.4) is 0 Å². The number of sulfonamides is 1. The molecule has 0 saturated carbocycles. The molecule has 1 fully saturated rings. The van der Waals surface area contributed by atoms with E-state index in [-0.39, 0.29) is 40.8 Å². The summed E-state index contributed by atoms with van der Waals surface area (Å²) in [5.41, 5.74) is 0.729. The van der Waals surface area contributed by atoms with Gasteiger partial charge in [0, 0.05) is 6.54 Å². The number of nitrogens with zero attached hydrogens (tertiary/aromatic N) is 1. The number of anilines is 1. The molecule has 2 rings (SSSR count). The molecule has 0 unspecified atom stereocenters. The van der Waals surface area contributed by atoms with E-state index < -0.39 is 10.0 Å². The largest absolute Gasteiger partial charge is 0.394 e. The minimum Gasteiger partial charge on any atom is -0.394 e. The minimum atomic E-state index is -3.32. The number of amides is 1. The lowest BCUT2D eigenvalue weighted by Crippen LogP contribution is -2.41. The van der Waals surface area contributed by atoms with Crippen LogP contribution in [0.1, 0.15) is 37.0 Å². The van der Waals surface area contributed by atoms with Crippen LogP contribution in [0.5, 0.6) is 0 Å². The van der Waals surface area contributed by atoms with Crippen molar-refractivity contribution in [2.45, 2.75) is 32.7 Å². The maximum absolute atomic E-state index is 12.3. The average Bonchev–Trinajstić information content (AvgIpc) is 2.51. The molecular weight excluding hydrogens is 352 g/mol. The molecule has 0 aliphatic carbocycles. The number of nitrogens with one attached hydrogen (secondary N) is 1. The van der Waals surface area contributed by atoms with E-state index in [1.807, 2.05) is 13.8 Å². The number of aliphatic hydroxyl groups excluding tert-OH is 1. The van der Waals surface area contributed by atoms with Crippen molar-refractivity contribution in [1.29, 1.82) is 0 Å². The van der Waals surface area contributed by atoms with Crippen LogP contribution in [0.2, 0.25) is 5.02 Å². The second-order valence-corrected chi connectivity index (χ2v) is 8.69. The molecule has 0 aromatic heterocycles. The number of hydrogen-bond donors (Lipinski definition) is 2. The lowest BCUT2D eigenvalue weighted by molar-refractivity contribution is 0.0897. The van der Waals surface area contributed by atoms with E-state index in [0.29, 0.717) is 18.7 Å². The van der Waals surface area contributed by atoms with Crippen molar-refractivity contribution in [2.24, 2.45) is 5.92 Å². The fourth-order valence-corrected chi connectivity index (χ4v) is 4.48. The molecule has 2 N–H and O–H groups in total. The highest BCUT2D eigenvalue weighted by Crippen LogP contribution is 2.28. The van der Waals surface area contributed by atoms with E-state index in [2.05, 4.69) is 5.32 Å². The molecule has 24 heavy (non-hydrogen) atoms. The van der Waals surface area contributed by atoms with Crippen molar-refractivity contribution in [3.8, 4) is 0 Å². The van der Waals surface area contributed by atoms with E-state index in [1.165, 1.54) is 16.4 Å². The van der Waals surface area contributed by atoms with E-state index in [0.717, 1.165) is 6.42 Å². The first-order chi connectivity index (χ1) is 11.3. The van der Waals surface area contributed by atoms with Crippen LogP contribution in [-0.2, 0) is 10.0 Å². The standard InChI is InChI=1S/C16H23ClN2O4S/c1-11(2)15(10-20)18-16(21)13-6-5-12(9-14(13)17)19-7-3-4-8-24(19,22)23/h5-6,9,11,15,20H,3-4,7-8,10H2,1-2H3,(H,18,21)/t15-/m0/s1. The van der Waals surface area contributed by atoms with Gasteiger partial charge < -0.3 is 10.4 Å². The Balaban J connectivity index is 2.22. The van der Waals surface area contributed by atoms with Gasteiger partial charge in [-0.25, -0.2) is 8.42 Å². The van der Waals surface area contributed by atoms with E-state index in [9.17, 15) is 18.3 Å². The summed E-state index contributed by atoms with van der Waals surface area (Å²) in [6.07, 6.45) is 1.45. The van der Waals surface area contributed by atoms with Crippen molar-refractivity contribution in [3.63, 3.8) is 0 Å². The van der Waals surface area contributed by atoms with Crippen molar-refractivity contribution >= 4 is 33.2 Å². The highest BCUT2D eigenvalue weighted by molar-refractivity contribution is 7.92. The topological polar surface area (TPSA) is 86.7 Å². The Morgan fingerprint density at radius 2 is 2.08 bits per heavy atom. The molecule has 0 radical (unpaired) electrons. The molecule has 1 aromatic carbocycles. The zero-order chi connectivity index (χ0) is 17.9. The van der Waals surface area contributed by atoms with Crippen LogP contribution in [0, 0.1) is 5.92 Å². The van der Waals surface area contributed by atoms with Gasteiger partial charge in [-0.1, -0.05) is 25.4 Å². The highest BCUT2D eigenvalue weighted by Gasteiger charge is 2.27. The zero-order valence-electron chi connectivity index (χ0n) is 13.8. The van der Waals surface area contributed by atoms with Crippen LogP contribution < -0.4 is 9.62 Å². The summed E-state index contributed by atoms with van der Waals surface area (Å²) in [6.45, 7) is 4.05. The van der Waals surface area contributed by atoms with Gasteiger partial charge in [0.05, 0.1) is 34.7 Å². The monoisotopic (exact) mass is 374 g/mol. The smallest absolute Gasteiger partial charge is 0.253 e. The number of carbonyl (C=O) groups excluding carboxylic acids is 1. The SMILES string of the molecule is CC(C)[C@H](CO)NC(=O)c1ccc(N2CCCCS2(=O)=O)cc1Cl. The predicted octanol–water partition coefficient (Wildman–Crippen LogP) is 2.02. The molecule has 1 aliphatic heterocycles. The van der Waals surface area contributed by atoms with Gasteiger partial charge in [0.1, 0.15) is 0 Å². The lowest BCUT2D eigenvalue weighted by Gasteiger charge is -2.28. The van der Waals surface area contributed by atoms with Gasteiger partial charge in [-0.05, 0) is 37.0 Å². The van der Waals surface area contributed by atoms with Crippen LogP contribution in [0.25, 0.3) is 0 Å². The molecule has 0 bridgehead atoms. The van der Waals surface area contributed by atoms with Gasteiger partial charge in [0.25, 0.3) is 5.91 Å². The number of benzene rings is 1. The number of rotatable bonds is 5. The summed E-state index contributed by atoms with van der Waals surface area (Å²) in [4.78, 5) is 12.3. The second kappa shape index (κ2) is 7.72. The second-order valence-electron chi connectivity index (χ2n) is 6.27. The number of hydrogen-bond acceptors (Lipinski definition) is 4. The third-order valence-electron chi connectivity index (χ3n) is 4.15. The molecule has 1 aliphatic rings. The molecule has 1 atom stereocenters. The van der Waals surface area contributed by atoms with Crippen LogP contribution in [-0.4, -0.2) is 44.4 Å². The third-order valence-corrected chi connectivity index (χ3v) is 6.33. The normalized spacial score (nSPS) is 18.5. The maximum atomic E-state index is 12.3. The highest BCUT2D eigenvalue weighted by atomic mass is 35.5. The Kier molecular flexibility index (Phi) is 6.11. The van der Waals surface area contributed by atoms with E-state index in [4.69, 9.17) is 11.6 Å². The number of halogens is 1. The first-order valence-corrected chi connectivity index (χ1v) is 9.96. The zero-order valence-corrected chi connectivity index (χ0v) is 15.4. The molecule has 6 nitrogen and oxygen atoms in total. The van der Waals surface area contributed by atoms with Crippen LogP contribution in [0.4, 0.5) is 5.69 Å². The Hall–Kier alpha value is -1.31. The molecule has 1 saturated heterocycles. The molecule has 8 heteroatoms. The Morgan fingerprint density at radius 1 is 1.38 bits per heavy atom. The van der Waals surface area contributed by atoms with Gasteiger partial charge in [-0.15, -0.1) is 0 Å². The molecular formula is C16H23ClN2O4S. The molecule has 1 heterocycles. The third kappa shape index (κ3) is 4.20. The van der Waals surface area contributed by atoms with E-state index >= 15 is 0 Å². The summed E-state index contributed by atoms with van der Waals surface area (Å²) in [6, 6.07) is 4.25. The Labute approximate surface area is 147 Å². The summed E-state index contributed by atoms with van der Waals surface area (Å²) in [5, 5.41) is 12.2. The molecule has 0 spiro atoms. The molecule has 1 amide bonds. The summed E-state index contributed by atoms with van der Waals surface area (Å²) >= 11 is 6.20. The van der Waals surface area contributed by atoms with Crippen molar-refractivity contribution < 1.29 is 18.3 Å². The fourth-order valence-electron chi connectivity index (χ4n) is 2.59. The Bertz CT molecular complexity index is 706. The summed E-state index contributed by atoms with van der Waals surface area (Å²) in [5.74, 6) is -0.185. The van der Waals surface area contributed by atoms with Crippen LogP contribution >= 0.6 is 11.6 Å². The fraction of sp³-hybridized carbons (Fsp3) is 0.562. The van der Waals surface area contributed by atoms with Gasteiger partial charge in [0.2, 0.25) is 10.0 Å². The Morgan fingerprint density at radius 3 is 2.62 bits per heavy atom. The maximum Gasteiger partial charge on any atom is 0.253 e. The summed E-state index contributed by atoms with van der Waals surface area (Å²) < 4.78 is 25.6. The van der Waals surface area contributed by atoms with Crippen molar-refractivity contribution in [1.82, 2.24) is 5.32 Å². The first-order valence-electron chi connectivity index (χ1n) is 7.98. The van der Waals surface area contributed by atoms with E-state index in [1.54, 1.807) is 6.07 Å². The number of carbonyl (C=O) groups is 1. The molecule has 134 valence electrons. The average molecular weight is 375 g/mol. The predicted molar refractivity (Wildman–Crippen MR) is 95.0 cm³/mol. The summed E-state index contributed by atoms with van der Waals surface area (Å²) in [7, 11) is -3.32. The molecule has 1 aromatic rings. The first kappa shape index (κ1) is 19.0. The van der Waals surface area contributed by atoms with Crippen molar-refractivity contribution in [2.75, 3.05) is 23.2 Å².